The summed E-state index contributed by atoms with van der Waals surface area (Å²) in [5, 5.41) is 2.84. The third-order valence-electron chi connectivity index (χ3n) is 4.42. The van der Waals surface area contributed by atoms with Gasteiger partial charge in [0, 0.05) is 52.1 Å². The Labute approximate surface area is 186 Å². The van der Waals surface area contributed by atoms with Crippen LogP contribution in [0.2, 0.25) is 0 Å². The summed E-state index contributed by atoms with van der Waals surface area (Å²) in [6.45, 7) is 6.34. The second-order valence-electron chi connectivity index (χ2n) is 6.36. The van der Waals surface area contributed by atoms with Crippen LogP contribution >= 0.6 is 37.2 Å². The topological polar surface area (TPSA) is 80.1 Å². The number of amides is 1. The maximum Gasteiger partial charge on any atom is 0.227 e. The normalized spacial score (nSPS) is 15.4. The molecule has 1 unspecified atom stereocenters. The van der Waals surface area contributed by atoms with E-state index in [0.29, 0.717) is 13.2 Å². The molecule has 0 saturated carbocycles. The highest BCUT2D eigenvalue weighted by Gasteiger charge is 2.13. The molecule has 2 rings (SSSR count). The first-order chi connectivity index (χ1) is 12.1. The van der Waals surface area contributed by atoms with Crippen LogP contribution in [0.1, 0.15) is 6.42 Å². The first-order valence-electron chi connectivity index (χ1n) is 8.77. The minimum Gasteiger partial charge on any atom is -0.492 e. The summed E-state index contributed by atoms with van der Waals surface area (Å²) in [5.74, 6) is 0.699. The summed E-state index contributed by atoms with van der Waals surface area (Å²) in [5.41, 5.74) is 6.26. The molecule has 1 aromatic carbocycles. The van der Waals surface area contributed by atoms with Crippen LogP contribution in [-0.2, 0) is 9.53 Å². The van der Waals surface area contributed by atoms with Crippen LogP contribution in [0, 0.1) is 0 Å². The third-order valence-corrected chi connectivity index (χ3v) is 4.42. The predicted octanol–water partition coefficient (Wildman–Crippen LogP) is 1.88. The van der Waals surface area contributed by atoms with Crippen LogP contribution in [0.3, 0.4) is 0 Å². The van der Waals surface area contributed by atoms with E-state index in [9.17, 15) is 4.79 Å². The largest absolute Gasteiger partial charge is 0.492 e. The summed E-state index contributed by atoms with van der Waals surface area (Å²) in [7, 11) is 3.71. The minimum absolute atomic E-state index is 0. The molecule has 164 valence electrons. The fourth-order valence-corrected chi connectivity index (χ4v) is 2.68. The zero-order valence-corrected chi connectivity index (χ0v) is 18.9. The van der Waals surface area contributed by atoms with E-state index in [1.807, 2.05) is 24.3 Å². The van der Waals surface area contributed by atoms with Gasteiger partial charge in [-0.2, -0.15) is 0 Å². The zero-order valence-electron chi connectivity index (χ0n) is 16.5. The number of likely N-dealkylation sites (N-methyl/N-ethyl adjacent to an activating group) is 1. The maximum atomic E-state index is 11.9. The van der Waals surface area contributed by atoms with Gasteiger partial charge in [-0.3, -0.25) is 9.69 Å². The van der Waals surface area contributed by atoms with E-state index in [1.165, 1.54) is 0 Å². The van der Waals surface area contributed by atoms with Crippen molar-refractivity contribution < 1.29 is 14.3 Å². The lowest BCUT2D eigenvalue weighted by Crippen LogP contribution is -2.45. The Hall–Kier alpha value is -0.800. The van der Waals surface area contributed by atoms with E-state index in [4.69, 9.17) is 15.2 Å². The van der Waals surface area contributed by atoms with Gasteiger partial charge in [0.15, 0.2) is 0 Å². The first kappa shape index (κ1) is 29.4. The van der Waals surface area contributed by atoms with E-state index >= 15 is 0 Å². The van der Waals surface area contributed by atoms with Crippen molar-refractivity contribution in [2.45, 2.75) is 12.5 Å². The van der Waals surface area contributed by atoms with Crippen LogP contribution in [0.4, 0.5) is 5.69 Å². The van der Waals surface area contributed by atoms with E-state index in [1.54, 1.807) is 7.11 Å². The molecule has 0 radical (unpaired) electrons. The molecule has 1 aromatic rings. The Morgan fingerprint density at radius 3 is 2.29 bits per heavy atom. The lowest BCUT2D eigenvalue weighted by Gasteiger charge is -2.32. The van der Waals surface area contributed by atoms with Crippen molar-refractivity contribution in [2.75, 3.05) is 65.3 Å². The molecule has 28 heavy (non-hydrogen) atoms. The lowest BCUT2D eigenvalue weighted by atomic mass is 10.2. The van der Waals surface area contributed by atoms with Gasteiger partial charge in [-0.1, -0.05) is 0 Å². The van der Waals surface area contributed by atoms with Crippen molar-refractivity contribution in [2.24, 2.45) is 5.73 Å². The number of nitrogens with two attached hydrogens (primary N) is 1. The van der Waals surface area contributed by atoms with Crippen molar-refractivity contribution in [3.05, 3.63) is 24.3 Å². The second kappa shape index (κ2) is 16.0. The molecule has 0 aromatic heterocycles. The first-order valence-corrected chi connectivity index (χ1v) is 8.77. The molecule has 10 heteroatoms. The van der Waals surface area contributed by atoms with Gasteiger partial charge in [-0.05, 0) is 31.3 Å². The van der Waals surface area contributed by atoms with Crippen LogP contribution in [0.5, 0.6) is 5.75 Å². The molecule has 3 N–H and O–H groups in total. The van der Waals surface area contributed by atoms with Crippen LogP contribution in [0.25, 0.3) is 0 Å². The Balaban J connectivity index is 0. The Bertz CT molecular complexity index is 525. The monoisotopic (exact) mass is 458 g/mol. The highest BCUT2D eigenvalue weighted by atomic mass is 35.5. The van der Waals surface area contributed by atoms with Crippen LogP contribution < -0.4 is 15.8 Å². The molecular formula is C18H33Cl3N4O3. The Kier molecular flexibility index (Phi) is 16.9. The average Bonchev–Trinajstić information content (AvgIpc) is 2.63. The summed E-state index contributed by atoms with van der Waals surface area (Å²) >= 11 is 0. The number of hydrogen-bond donors (Lipinski definition) is 2. The van der Waals surface area contributed by atoms with Gasteiger partial charge >= 0.3 is 0 Å². The smallest absolute Gasteiger partial charge is 0.227 e. The molecular weight excluding hydrogens is 427 g/mol. The SMILES string of the molecule is COC(CN)CC(=O)Nc1ccc(OCCN2CCN(C)CC2)cc1.Cl.Cl.Cl. The van der Waals surface area contributed by atoms with Crippen molar-refractivity contribution in [1.29, 1.82) is 0 Å². The van der Waals surface area contributed by atoms with Gasteiger partial charge in [0.2, 0.25) is 5.91 Å². The molecule has 7 nitrogen and oxygen atoms in total. The van der Waals surface area contributed by atoms with Crippen molar-refractivity contribution >= 4 is 48.8 Å². The van der Waals surface area contributed by atoms with E-state index < -0.39 is 0 Å². The molecule has 1 atom stereocenters. The Morgan fingerprint density at radius 1 is 1.14 bits per heavy atom. The lowest BCUT2D eigenvalue weighted by molar-refractivity contribution is -0.118. The number of carbonyl (C=O) groups is 1. The average molecular weight is 460 g/mol. The molecule has 1 saturated heterocycles. The number of rotatable bonds is 9. The number of ether oxygens (including phenoxy) is 2. The highest BCUT2D eigenvalue weighted by molar-refractivity contribution is 5.91. The second-order valence-corrected chi connectivity index (χ2v) is 6.36. The molecule has 1 fully saturated rings. The summed E-state index contributed by atoms with van der Waals surface area (Å²) in [4.78, 5) is 16.7. The maximum absolute atomic E-state index is 11.9. The molecule has 1 heterocycles. The number of anilines is 1. The van der Waals surface area contributed by atoms with Crippen LogP contribution in [0.15, 0.2) is 24.3 Å². The number of carbonyl (C=O) groups excluding carboxylic acids is 1. The molecule has 1 aliphatic heterocycles. The zero-order chi connectivity index (χ0) is 18.1. The Morgan fingerprint density at radius 2 is 1.75 bits per heavy atom. The van der Waals surface area contributed by atoms with Crippen molar-refractivity contribution in [3.63, 3.8) is 0 Å². The summed E-state index contributed by atoms with van der Waals surface area (Å²) in [6.07, 6.45) is -0.00631. The highest BCUT2D eigenvalue weighted by Crippen LogP contribution is 2.16. The fourth-order valence-electron chi connectivity index (χ4n) is 2.68. The number of halogens is 3. The molecule has 0 aliphatic carbocycles. The number of nitrogens with zero attached hydrogens (tertiary/aromatic N) is 2. The molecule has 0 spiro atoms. The number of benzene rings is 1. The summed E-state index contributed by atoms with van der Waals surface area (Å²) < 4.78 is 10.9. The quantitative estimate of drug-likeness (QED) is 0.587. The number of hydrogen-bond acceptors (Lipinski definition) is 6. The standard InChI is InChI=1S/C18H30N4O3.3ClH/c1-21-7-9-22(10-8-21)11-12-25-16-5-3-15(4-6-16)20-18(23)13-17(14-19)24-2;;;/h3-6,17H,7-14,19H2,1-2H3,(H,20,23);3*1H. The van der Waals surface area contributed by atoms with Gasteiger partial charge < -0.3 is 25.4 Å². The predicted molar refractivity (Wildman–Crippen MR) is 121 cm³/mol. The number of piperazine rings is 1. The van der Waals surface area contributed by atoms with E-state index in [2.05, 4.69) is 22.2 Å². The van der Waals surface area contributed by atoms with E-state index in [-0.39, 0.29) is 55.7 Å². The van der Waals surface area contributed by atoms with Gasteiger partial charge in [0.05, 0.1) is 12.5 Å². The molecule has 1 amide bonds. The molecule has 0 bridgehead atoms. The van der Waals surface area contributed by atoms with E-state index in [0.717, 1.165) is 44.2 Å². The number of methoxy groups -OCH3 is 1. The van der Waals surface area contributed by atoms with Gasteiger partial charge in [-0.15, -0.1) is 37.2 Å². The third kappa shape index (κ3) is 10.7. The minimum atomic E-state index is -0.253. The van der Waals surface area contributed by atoms with Gasteiger partial charge in [-0.25, -0.2) is 0 Å². The van der Waals surface area contributed by atoms with Crippen molar-refractivity contribution in [3.8, 4) is 5.75 Å². The number of nitrogens with one attached hydrogen (secondary N) is 1. The summed E-state index contributed by atoms with van der Waals surface area (Å²) in [6, 6.07) is 7.42. The van der Waals surface area contributed by atoms with Gasteiger partial charge in [0.25, 0.3) is 0 Å². The van der Waals surface area contributed by atoms with Crippen molar-refractivity contribution in [1.82, 2.24) is 9.80 Å². The van der Waals surface area contributed by atoms with Crippen LogP contribution in [-0.4, -0.2) is 81.8 Å². The van der Waals surface area contributed by atoms with Gasteiger partial charge in [0.1, 0.15) is 12.4 Å². The fraction of sp³-hybridized carbons (Fsp3) is 0.611. The molecule has 1 aliphatic rings.